The highest BCUT2D eigenvalue weighted by molar-refractivity contribution is 6.06. The van der Waals surface area contributed by atoms with E-state index in [9.17, 15) is 9.59 Å². The van der Waals surface area contributed by atoms with Crippen LogP contribution in [0.5, 0.6) is 0 Å². The van der Waals surface area contributed by atoms with Gasteiger partial charge in [-0.25, -0.2) is 0 Å². The quantitative estimate of drug-likeness (QED) is 0.777. The van der Waals surface area contributed by atoms with Crippen molar-refractivity contribution in [2.45, 2.75) is 37.9 Å². The fraction of sp³-hybridized carbons (Fsp3) is 0.500. The number of carbonyl (C=O) groups is 2. The van der Waals surface area contributed by atoms with Gasteiger partial charge < -0.3 is 9.73 Å². The van der Waals surface area contributed by atoms with E-state index in [4.69, 9.17) is 4.42 Å². The smallest absolute Gasteiger partial charge is 0.247 e. The molecule has 2 fully saturated rings. The zero-order valence-corrected chi connectivity index (χ0v) is 9.39. The van der Waals surface area contributed by atoms with E-state index in [1.54, 1.807) is 12.5 Å². The topological polar surface area (TPSA) is 62.6 Å². The number of hydrogen-bond donors (Lipinski definition) is 1. The average molecular weight is 234 g/mol. The number of amides is 2. The summed E-state index contributed by atoms with van der Waals surface area (Å²) in [6.45, 7) is 0.554. The molecule has 0 bridgehead atoms. The third-order valence-electron chi connectivity index (χ3n) is 3.23. The molecule has 3 rings (SSSR count). The Hall–Kier alpha value is -1.62. The van der Waals surface area contributed by atoms with Crippen LogP contribution in [-0.2, 0) is 16.1 Å². The zero-order valence-electron chi connectivity index (χ0n) is 9.39. The van der Waals surface area contributed by atoms with Crippen LogP contribution in [0, 0.1) is 0 Å². The number of rotatable bonds is 4. The molecule has 17 heavy (non-hydrogen) atoms. The molecule has 1 aliphatic heterocycles. The van der Waals surface area contributed by atoms with E-state index in [1.807, 2.05) is 6.07 Å². The van der Waals surface area contributed by atoms with Crippen LogP contribution in [0.4, 0.5) is 0 Å². The van der Waals surface area contributed by atoms with Gasteiger partial charge in [0.15, 0.2) is 0 Å². The first-order valence-electron chi connectivity index (χ1n) is 5.86. The van der Waals surface area contributed by atoms with Crippen molar-refractivity contribution in [3.8, 4) is 0 Å². The second-order valence-electron chi connectivity index (χ2n) is 4.60. The van der Waals surface area contributed by atoms with Gasteiger partial charge in [-0.2, -0.15) is 0 Å². The van der Waals surface area contributed by atoms with Crippen LogP contribution >= 0.6 is 0 Å². The molecule has 0 spiro atoms. The van der Waals surface area contributed by atoms with Gasteiger partial charge >= 0.3 is 0 Å². The molecule has 2 heterocycles. The molecule has 90 valence electrons. The summed E-state index contributed by atoms with van der Waals surface area (Å²) in [7, 11) is 0. The first-order valence-corrected chi connectivity index (χ1v) is 5.86. The van der Waals surface area contributed by atoms with E-state index < -0.39 is 0 Å². The van der Waals surface area contributed by atoms with Crippen molar-refractivity contribution in [2.24, 2.45) is 0 Å². The van der Waals surface area contributed by atoms with Crippen molar-refractivity contribution in [3.63, 3.8) is 0 Å². The van der Waals surface area contributed by atoms with Crippen LogP contribution in [0.3, 0.4) is 0 Å². The Morgan fingerprint density at radius 3 is 2.88 bits per heavy atom. The molecule has 2 aliphatic rings. The van der Waals surface area contributed by atoms with Gasteiger partial charge in [-0.1, -0.05) is 0 Å². The summed E-state index contributed by atoms with van der Waals surface area (Å²) >= 11 is 0. The number of likely N-dealkylation sites (tertiary alicyclic amines) is 1. The summed E-state index contributed by atoms with van der Waals surface area (Å²) in [5, 5.41) is 3.10. The van der Waals surface area contributed by atoms with Crippen molar-refractivity contribution in [3.05, 3.63) is 24.2 Å². The highest BCUT2D eigenvalue weighted by Crippen LogP contribution is 2.31. The van der Waals surface area contributed by atoms with Crippen molar-refractivity contribution in [1.29, 1.82) is 0 Å². The fourth-order valence-corrected chi connectivity index (χ4v) is 2.16. The van der Waals surface area contributed by atoms with Crippen LogP contribution in [0.1, 0.15) is 24.8 Å². The van der Waals surface area contributed by atoms with Gasteiger partial charge in [-0.15, -0.1) is 0 Å². The molecule has 1 unspecified atom stereocenters. The number of furan rings is 1. The third-order valence-corrected chi connectivity index (χ3v) is 3.23. The maximum Gasteiger partial charge on any atom is 0.247 e. The monoisotopic (exact) mass is 234 g/mol. The van der Waals surface area contributed by atoms with Crippen LogP contribution < -0.4 is 5.32 Å². The summed E-state index contributed by atoms with van der Waals surface area (Å²) in [6.07, 6.45) is 5.44. The molecule has 5 heteroatoms. The Morgan fingerprint density at radius 2 is 2.24 bits per heavy atom. The summed E-state index contributed by atoms with van der Waals surface area (Å²) in [5.41, 5.74) is 0.982. The van der Waals surface area contributed by atoms with Crippen LogP contribution in [0.25, 0.3) is 0 Å². The second-order valence-corrected chi connectivity index (χ2v) is 4.60. The predicted molar refractivity (Wildman–Crippen MR) is 58.8 cm³/mol. The van der Waals surface area contributed by atoms with Gasteiger partial charge in [0.2, 0.25) is 11.8 Å². The molecule has 1 N–H and O–H groups in total. The van der Waals surface area contributed by atoms with Gasteiger partial charge in [0, 0.05) is 18.2 Å². The maximum absolute atomic E-state index is 12.0. The summed E-state index contributed by atoms with van der Waals surface area (Å²) < 4.78 is 4.94. The Morgan fingerprint density at radius 1 is 1.41 bits per heavy atom. The van der Waals surface area contributed by atoms with E-state index in [0.29, 0.717) is 6.54 Å². The lowest BCUT2D eigenvalue weighted by Gasteiger charge is -2.13. The van der Waals surface area contributed by atoms with Gasteiger partial charge in [0.25, 0.3) is 0 Å². The molecule has 1 saturated carbocycles. The first-order chi connectivity index (χ1) is 8.25. The molecule has 0 radical (unpaired) electrons. The van der Waals surface area contributed by atoms with Crippen LogP contribution in [0.2, 0.25) is 0 Å². The Labute approximate surface area is 98.8 Å². The molecule has 1 aliphatic carbocycles. The molecule has 2 amide bonds. The van der Waals surface area contributed by atoms with Gasteiger partial charge in [0.05, 0.1) is 25.0 Å². The lowest BCUT2D eigenvalue weighted by molar-refractivity contribution is -0.139. The average Bonchev–Trinajstić information content (AvgIpc) is 2.90. The van der Waals surface area contributed by atoms with Crippen LogP contribution in [0.15, 0.2) is 23.0 Å². The van der Waals surface area contributed by atoms with Gasteiger partial charge in [-0.05, 0) is 18.9 Å². The fourth-order valence-electron chi connectivity index (χ4n) is 2.16. The normalized spacial score (nSPS) is 24.7. The number of nitrogens with one attached hydrogen (secondary N) is 1. The van der Waals surface area contributed by atoms with Crippen molar-refractivity contribution in [2.75, 3.05) is 0 Å². The highest BCUT2D eigenvalue weighted by Gasteiger charge is 2.45. The minimum atomic E-state index is -0.363. The molecular formula is C12H14N2O3. The lowest BCUT2D eigenvalue weighted by atomic mass is 10.2. The van der Waals surface area contributed by atoms with E-state index in [0.717, 1.165) is 18.4 Å². The summed E-state index contributed by atoms with van der Waals surface area (Å²) in [4.78, 5) is 25.1. The molecule has 1 saturated heterocycles. The molecule has 5 nitrogen and oxygen atoms in total. The zero-order chi connectivity index (χ0) is 11.8. The van der Waals surface area contributed by atoms with Gasteiger partial charge in [0.1, 0.15) is 0 Å². The molecule has 0 aromatic carbocycles. The number of imide groups is 1. The van der Waals surface area contributed by atoms with Gasteiger partial charge in [-0.3, -0.25) is 14.5 Å². The summed E-state index contributed by atoms with van der Waals surface area (Å²) in [6, 6.07) is 1.65. The Kier molecular flexibility index (Phi) is 2.48. The van der Waals surface area contributed by atoms with Crippen LogP contribution in [-0.4, -0.2) is 28.8 Å². The maximum atomic E-state index is 12.0. The second kappa shape index (κ2) is 4.00. The number of carbonyl (C=O) groups excluding carboxylic acids is 2. The molecule has 1 atom stereocenters. The van der Waals surface area contributed by atoms with Crippen molar-refractivity contribution in [1.82, 2.24) is 10.2 Å². The van der Waals surface area contributed by atoms with E-state index >= 15 is 0 Å². The minimum absolute atomic E-state index is 0.0396. The van der Waals surface area contributed by atoms with Crippen molar-refractivity contribution < 1.29 is 14.0 Å². The summed E-state index contributed by atoms with van der Waals surface area (Å²) in [5.74, 6) is -0.108. The third kappa shape index (κ3) is 1.98. The standard InChI is InChI=1S/C12H14N2O3/c15-11-5-10(12(16)14(11)9-1-2-9)13-6-8-3-4-17-7-8/h3-4,7,9-10,13H,1-2,5-6H2. The lowest BCUT2D eigenvalue weighted by Crippen LogP contribution is -2.39. The highest BCUT2D eigenvalue weighted by atomic mass is 16.3. The largest absolute Gasteiger partial charge is 0.472 e. The van der Waals surface area contributed by atoms with E-state index in [1.165, 1.54) is 4.90 Å². The van der Waals surface area contributed by atoms with E-state index in [-0.39, 0.29) is 30.3 Å². The predicted octanol–water partition coefficient (Wildman–Crippen LogP) is 0.659. The number of hydrogen-bond acceptors (Lipinski definition) is 4. The number of nitrogens with zero attached hydrogens (tertiary/aromatic N) is 1. The molecular weight excluding hydrogens is 220 g/mol. The first kappa shape index (κ1) is 10.5. The Bertz CT molecular complexity index is 437. The van der Waals surface area contributed by atoms with Crippen molar-refractivity contribution >= 4 is 11.8 Å². The molecule has 1 aromatic rings. The minimum Gasteiger partial charge on any atom is -0.472 e. The SMILES string of the molecule is O=C1CC(NCc2ccoc2)C(=O)N1C1CC1. The Balaban J connectivity index is 1.61. The molecule has 1 aromatic heterocycles. The van der Waals surface area contributed by atoms with E-state index in [2.05, 4.69) is 5.32 Å².